The van der Waals surface area contributed by atoms with Crippen LogP contribution in [0, 0.1) is 0 Å². The molecule has 1 aromatic rings. The molecule has 1 N–H and O–H groups in total. The van der Waals surface area contributed by atoms with Crippen LogP contribution in [0.25, 0.3) is 0 Å². The van der Waals surface area contributed by atoms with Gasteiger partial charge in [0.15, 0.2) is 0 Å². The van der Waals surface area contributed by atoms with E-state index in [0.717, 1.165) is 29.7 Å². The summed E-state index contributed by atoms with van der Waals surface area (Å²) in [6.45, 7) is 2.19. The summed E-state index contributed by atoms with van der Waals surface area (Å²) < 4.78 is 5.14. The molecular formula is C14H17NO4S. The molecule has 20 heavy (non-hydrogen) atoms. The first-order valence-corrected chi connectivity index (χ1v) is 7.70. The van der Waals surface area contributed by atoms with E-state index < -0.39 is 5.97 Å². The van der Waals surface area contributed by atoms with Gasteiger partial charge in [0.25, 0.3) is 0 Å². The average molecular weight is 295 g/mol. The number of nitrogens with zero attached hydrogens (tertiary/aromatic N) is 1. The van der Waals surface area contributed by atoms with Gasteiger partial charge in [-0.2, -0.15) is 0 Å². The number of ether oxygens (including phenoxy) is 1. The van der Waals surface area contributed by atoms with E-state index >= 15 is 0 Å². The van der Waals surface area contributed by atoms with Crippen LogP contribution in [-0.2, 0) is 22.4 Å². The number of carbonyl (C=O) groups is 2. The van der Waals surface area contributed by atoms with Crippen molar-refractivity contribution < 1.29 is 19.4 Å². The molecule has 1 fully saturated rings. The third-order valence-corrected chi connectivity index (χ3v) is 5.15. The van der Waals surface area contributed by atoms with Gasteiger partial charge in [-0.15, -0.1) is 11.3 Å². The Hall–Kier alpha value is -1.56. The molecule has 0 saturated carbocycles. The predicted molar refractivity (Wildman–Crippen MR) is 74.0 cm³/mol. The minimum atomic E-state index is -0.809. The summed E-state index contributed by atoms with van der Waals surface area (Å²) in [5.74, 6) is -0.809. The van der Waals surface area contributed by atoms with Crippen LogP contribution < -0.4 is 0 Å². The van der Waals surface area contributed by atoms with Crippen molar-refractivity contribution >= 4 is 23.4 Å². The SMILES string of the molecule is CCOC(=O)N1C2CCC1c1cc(CC(=O)O)sc1C2. The summed E-state index contributed by atoms with van der Waals surface area (Å²) in [5.41, 5.74) is 1.13. The van der Waals surface area contributed by atoms with Crippen molar-refractivity contribution in [3.63, 3.8) is 0 Å². The molecule has 2 aliphatic rings. The number of hydrogen-bond donors (Lipinski definition) is 1. The number of hydrogen-bond acceptors (Lipinski definition) is 4. The van der Waals surface area contributed by atoms with E-state index in [9.17, 15) is 9.59 Å². The molecule has 2 atom stereocenters. The normalized spacial score (nSPS) is 23.6. The van der Waals surface area contributed by atoms with Crippen LogP contribution in [0.5, 0.6) is 0 Å². The zero-order chi connectivity index (χ0) is 14.3. The molecular weight excluding hydrogens is 278 g/mol. The maximum Gasteiger partial charge on any atom is 0.410 e. The van der Waals surface area contributed by atoms with Crippen molar-refractivity contribution in [3.05, 3.63) is 21.4 Å². The van der Waals surface area contributed by atoms with Gasteiger partial charge in [-0.25, -0.2) is 4.79 Å². The number of fused-ring (bicyclic) bond motifs is 4. The molecule has 0 aromatic carbocycles. The molecule has 108 valence electrons. The van der Waals surface area contributed by atoms with Gasteiger partial charge in [0.2, 0.25) is 0 Å². The number of carbonyl (C=O) groups excluding carboxylic acids is 1. The molecule has 2 bridgehead atoms. The van der Waals surface area contributed by atoms with Gasteiger partial charge < -0.3 is 9.84 Å². The highest BCUT2D eigenvalue weighted by Crippen LogP contribution is 2.46. The number of rotatable bonds is 3. The van der Waals surface area contributed by atoms with Crippen LogP contribution in [0.15, 0.2) is 6.07 Å². The van der Waals surface area contributed by atoms with E-state index in [2.05, 4.69) is 0 Å². The second kappa shape index (κ2) is 5.09. The Labute approximate surface area is 121 Å². The number of thiophene rings is 1. The van der Waals surface area contributed by atoms with E-state index in [-0.39, 0.29) is 24.6 Å². The van der Waals surface area contributed by atoms with Gasteiger partial charge >= 0.3 is 12.1 Å². The lowest BCUT2D eigenvalue weighted by Gasteiger charge is -2.33. The number of aliphatic carboxylic acids is 1. The van der Waals surface area contributed by atoms with E-state index in [1.165, 1.54) is 4.88 Å². The highest BCUT2D eigenvalue weighted by Gasteiger charge is 2.44. The third-order valence-electron chi connectivity index (χ3n) is 3.98. The summed E-state index contributed by atoms with van der Waals surface area (Å²) in [7, 11) is 0. The predicted octanol–water partition coefficient (Wildman–Crippen LogP) is 2.59. The average Bonchev–Trinajstić information content (AvgIpc) is 2.91. The van der Waals surface area contributed by atoms with E-state index in [0.29, 0.717) is 6.61 Å². The van der Waals surface area contributed by atoms with Crippen molar-refractivity contribution in [3.8, 4) is 0 Å². The van der Waals surface area contributed by atoms with Gasteiger partial charge in [0.05, 0.1) is 19.1 Å². The molecule has 5 nitrogen and oxygen atoms in total. The Bertz CT molecular complexity index is 553. The highest BCUT2D eigenvalue weighted by atomic mass is 32.1. The van der Waals surface area contributed by atoms with E-state index in [4.69, 9.17) is 9.84 Å². The summed E-state index contributed by atoms with van der Waals surface area (Å²) >= 11 is 1.58. The van der Waals surface area contributed by atoms with Crippen molar-refractivity contribution in [1.29, 1.82) is 0 Å². The van der Waals surface area contributed by atoms with Crippen molar-refractivity contribution in [1.82, 2.24) is 4.90 Å². The third kappa shape index (κ3) is 2.18. The lowest BCUT2D eigenvalue weighted by Crippen LogP contribution is -2.41. The molecule has 0 spiro atoms. The molecule has 1 amide bonds. The van der Waals surface area contributed by atoms with Gasteiger partial charge in [-0.05, 0) is 31.4 Å². The van der Waals surface area contributed by atoms with Crippen LogP contribution in [0.2, 0.25) is 0 Å². The lowest BCUT2D eigenvalue weighted by atomic mass is 10.0. The van der Waals surface area contributed by atoms with Crippen molar-refractivity contribution in [2.75, 3.05) is 6.61 Å². The minimum absolute atomic E-state index is 0.0639. The number of carboxylic acid groups (broad SMARTS) is 1. The van der Waals surface area contributed by atoms with E-state index in [1.807, 2.05) is 17.9 Å². The molecule has 3 heterocycles. The van der Waals surface area contributed by atoms with Crippen LogP contribution >= 0.6 is 11.3 Å². The Morgan fingerprint density at radius 3 is 3.00 bits per heavy atom. The maximum absolute atomic E-state index is 12.1. The molecule has 0 radical (unpaired) electrons. The fourth-order valence-electron chi connectivity index (χ4n) is 3.26. The Morgan fingerprint density at radius 2 is 2.30 bits per heavy atom. The zero-order valence-corrected chi connectivity index (χ0v) is 12.1. The maximum atomic E-state index is 12.1. The van der Waals surface area contributed by atoms with Crippen LogP contribution in [0.3, 0.4) is 0 Å². The first-order chi connectivity index (χ1) is 9.60. The second-order valence-corrected chi connectivity index (χ2v) is 6.44. The molecule has 0 aliphatic carbocycles. The first-order valence-electron chi connectivity index (χ1n) is 6.88. The fourth-order valence-corrected chi connectivity index (χ4v) is 4.54. The Kier molecular flexibility index (Phi) is 3.41. The van der Waals surface area contributed by atoms with Gasteiger partial charge in [-0.1, -0.05) is 0 Å². The van der Waals surface area contributed by atoms with Crippen LogP contribution in [0.4, 0.5) is 4.79 Å². The standard InChI is InChI=1S/C14H17NO4S/c1-2-19-14(18)15-8-3-4-11(15)10-6-9(7-13(16)17)20-12(10)5-8/h6,8,11H,2-5,7H2,1H3,(H,16,17). The van der Waals surface area contributed by atoms with E-state index in [1.54, 1.807) is 11.3 Å². The quantitative estimate of drug-likeness (QED) is 0.930. The first kappa shape index (κ1) is 13.4. The topological polar surface area (TPSA) is 66.8 Å². The smallest absolute Gasteiger partial charge is 0.410 e. The van der Waals surface area contributed by atoms with Crippen LogP contribution in [0.1, 0.15) is 41.1 Å². The minimum Gasteiger partial charge on any atom is -0.481 e. The lowest BCUT2D eigenvalue weighted by molar-refractivity contribution is -0.136. The van der Waals surface area contributed by atoms with Crippen molar-refractivity contribution in [2.45, 2.75) is 44.7 Å². The van der Waals surface area contributed by atoms with Gasteiger partial charge in [0, 0.05) is 22.2 Å². The van der Waals surface area contributed by atoms with Crippen LogP contribution in [-0.4, -0.2) is 34.7 Å². The van der Waals surface area contributed by atoms with Gasteiger partial charge in [-0.3, -0.25) is 9.69 Å². The fraction of sp³-hybridized carbons (Fsp3) is 0.571. The second-order valence-electron chi connectivity index (χ2n) is 5.22. The summed E-state index contributed by atoms with van der Waals surface area (Å²) in [4.78, 5) is 26.9. The number of carboxylic acids is 1. The molecule has 1 saturated heterocycles. The summed E-state index contributed by atoms with van der Waals surface area (Å²) in [6.07, 6.45) is 2.60. The summed E-state index contributed by atoms with van der Waals surface area (Å²) in [6, 6.07) is 2.25. The highest BCUT2D eigenvalue weighted by molar-refractivity contribution is 7.12. The molecule has 1 aromatic heterocycles. The summed E-state index contributed by atoms with van der Waals surface area (Å²) in [5, 5.41) is 8.89. The molecule has 2 unspecified atom stereocenters. The monoisotopic (exact) mass is 295 g/mol. The largest absolute Gasteiger partial charge is 0.481 e. The Balaban J connectivity index is 1.87. The number of amides is 1. The Morgan fingerprint density at radius 1 is 1.50 bits per heavy atom. The zero-order valence-electron chi connectivity index (χ0n) is 11.3. The van der Waals surface area contributed by atoms with Crippen molar-refractivity contribution in [2.24, 2.45) is 0 Å². The molecule has 2 aliphatic heterocycles. The molecule has 3 rings (SSSR count). The molecule has 6 heteroatoms. The van der Waals surface area contributed by atoms with Gasteiger partial charge in [0.1, 0.15) is 0 Å².